The second-order valence-corrected chi connectivity index (χ2v) is 6.50. The van der Waals surface area contributed by atoms with Crippen molar-refractivity contribution in [3.63, 3.8) is 0 Å². The number of fused-ring (bicyclic) bond motifs is 1. The van der Waals surface area contributed by atoms with Gasteiger partial charge in [0.2, 0.25) is 0 Å². The molecule has 0 aliphatic carbocycles. The fraction of sp³-hybridized carbons (Fsp3) is 0.0526. The van der Waals surface area contributed by atoms with Gasteiger partial charge in [0, 0.05) is 34.5 Å². The van der Waals surface area contributed by atoms with Crippen LogP contribution in [0.3, 0.4) is 0 Å². The minimum atomic E-state index is -0.441. The molecule has 2 aromatic carbocycles. The zero-order valence-electron chi connectivity index (χ0n) is 14.3. The Kier molecular flexibility index (Phi) is 4.01. The first-order valence-corrected chi connectivity index (χ1v) is 8.48. The first kappa shape index (κ1) is 17.0. The fourth-order valence-electron chi connectivity index (χ4n) is 3.05. The zero-order chi connectivity index (χ0) is 19.1. The lowest BCUT2D eigenvalue weighted by molar-refractivity contribution is -0.384. The summed E-state index contributed by atoms with van der Waals surface area (Å²) in [5, 5.41) is 16.0. The topological polar surface area (TPSA) is 99.3 Å². The number of non-ortho nitro benzene ring substituents is 1. The maximum absolute atomic E-state index is 10.8. The average Bonchev–Trinajstić information content (AvgIpc) is 3.00. The van der Waals surface area contributed by atoms with Gasteiger partial charge in [-0.2, -0.15) is 9.61 Å². The van der Waals surface area contributed by atoms with Crippen LogP contribution in [-0.2, 0) is 0 Å². The van der Waals surface area contributed by atoms with Gasteiger partial charge in [-0.15, -0.1) is 0 Å². The molecular weight excluding hydrogens is 366 g/mol. The average molecular weight is 380 g/mol. The van der Waals surface area contributed by atoms with Crippen LogP contribution in [0.5, 0.6) is 0 Å². The summed E-state index contributed by atoms with van der Waals surface area (Å²) in [4.78, 5) is 14.9. The lowest BCUT2D eigenvalue weighted by atomic mass is 10.1. The van der Waals surface area contributed by atoms with E-state index in [4.69, 9.17) is 17.3 Å². The molecule has 0 saturated heterocycles. The number of nitro groups is 1. The van der Waals surface area contributed by atoms with Crippen molar-refractivity contribution in [2.45, 2.75) is 6.92 Å². The summed E-state index contributed by atoms with van der Waals surface area (Å²) in [5.74, 6) is 0.414. The number of halogens is 1. The Balaban J connectivity index is 1.86. The Morgan fingerprint density at radius 2 is 1.70 bits per heavy atom. The number of benzene rings is 2. The molecule has 0 unspecified atom stereocenters. The van der Waals surface area contributed by atoms with Crippen molar-refractivity contribution < 1.29 is 4.92 Å². The Bertz CT molecular complexity index is 1170. The van der Waals surface area contributed by atoms with Crippen LogP contribution in [-0.4, -0.2) is 19.5 Å². The SMILES string of the molecule is Cc1nn2c(N)c(-c3ccc([N+](=O)[O-])cc3)cnc2c1-c1ccc(Cl)cc1. The molecule has 8 heteroatoms. The molecule has 0 fully saturated rings. The zero-order valence-corrected chi connectivity index (χ0v) is 15.0. The van der Waals surface area contributed by atoms with E-state index in [1.54, 1.807) is 22.8 Å². The van der Waals surface area contributed by atoms with E-state index in [1.807, 2.05) is 31.2 Å². The quantitative estimate of drug-likeness (QED) is 0.417. The van der Waals surface area contributed by atoms with Crippen LogP contribution in [0, 0.1) is 17.0 Å². The van der Waals surface area contributed by atoms with E-state index in [1.165, 1.54) is 12.1 Å². The number of nitro benzene ring substituents is 1. The van der Waals surface area contributed by atoms with E-state index in [2.05, 4.69) is 10.1 Å². The van der Waals surface area contributed by atoms with Crippen LogP contribution in [0.15, 0.2) is 54.7 Å². The Hall–Kier alpha value is -3.45. The van der Waals surface area contributed by atoms with Crippen molar-refractivity contribution >= 4 is 28.8 Å². The van der Waals surface area contributed by atoms with Crippen molar-refractivity contribution in [3.8, 4) is 22.3 Å². The van der Waals surface area contributed by atoms with E-state index < -0.39 is 4.92 Å². The number of aryl methyl sites for hydroxylation is 1. The van der Waals surface area contributed by atoms with Gasteiger partial charge in [-0.3, -0.25) is 10.1 Å². The Morgan fingerprint density at radius 3 is 2.33 bits per heavy atom. The van der Waals surface area contributed by atoms with Gasteiger partial charge in [0.1, 0.15) is 5.82 Å². The van der Waals surface area contributed by atoms with Gasteiger partial charge in [-0.25, -0.2) is 4.98 Å². The summed E-state index contributed by atoms with van der Waals surface area (Å²) in [5.41, 5.74) is 11.0. The Morgan fingerprint density at radius 1 is 1.07 bits per heavy atom. The summed E-state index contributed by atoms with van der Waals surface area (Å²) in [6, 6.07) is 13.6. The largest absolute Gasteiger partial charge is 0.383 e. The molecule has 0 atom stereocenters. The lowest BCUT2D eigenvalue weighted by Crippen LogP contribution is -2.03. The predicted molar refractivity (Wildman–Crippen MR) is 105 cm³/mol. The molecule has 0 amide bonds. The molecule has 27 heavy (non-hydrogen) atoms. The molecule has 0 aliphatic rings. The van der Waals surface area contributed by atoms with Crippen molar-refractivity contribution in [1.82, 2.24) is 14.6 Å². The van der Waals surface area contributed by atoms with Gasteiger partial charge in [0.15, 0.2) is 5.65 Å². The van der Waals surface area contributed by atoms with Crippen LogP contribution >= 0.6 is 11.6 Å². The number of nitrogens with zero attached hydrogens (tertiary/aromatic N) is 4. The van der Waals surface area contributed by atoms with Crippen LogP contribution in [0.4, 0.5) is 11.5 Å². The molecular formula is C19H14ClN5O2. The normalized spacial score (nSPS) is 11.0. The van der Waals surface area contributed by atoms with E-state index in [9.17, 15) is 10.1 Å². The highest BCUT2D eigenvalue weighted by Gasteiger charge is 2.17. The minimum absolute atomic E-state index is 0.0197. The first-order valence-electron chi connectivity index (χ1n) is 8.10. The number of anilines is 1. The molecule has 4 rings (SSSR count). The summed E-state index contributed by atoms with van der Waals surface area (Å²) >= 11 is 5.98. The maximum Gasteiger partial charge on any atom is 0.269 e. The molecule has 0 radical (unpaired) electrons. The highest BCUT2D eigenvalue weighted by atomic mass is 35.5. The highest BCUT2D eigenvalue weighted by Crippen LogP contribution is 2.33. The summed E-state index contributed by atoms with van der Waals surface area (Å²) < 4.78 is 1.59. The molecule has 0 spiro atoms. The smallest absolute Gasteiger partial charge is 0.269 e. The van der Waals surface area contributed by atoms with Gasteiger partial charge in [-0.05, 0) is 42.3 Å². The molecule has 0 bridgehead atoms. The molecule has 0 saturated carbocycles. The number of hydrogen-bond donors (Lipinski definition) is 1. The predicted octanol–water partition coefficient (Wildman–Crippen LogP) is 4.52. The standard InChI is InChI=1S/C19H14ClN5O2/c1-11-17(13-2-6-14(20)7-3-13)19-22-10-16(18(21)24(19)23-11)12-4-8-15(9-5-12)25(26)27/h2-10H,21H2,1H3. The summed E-state index contributed by atoms with van der Waals surface area (Å²) in [6.07, 6.45) is 1.66. The van der Waals surface area contributed by atoms with Crippen molar-refractivity contribution in [2.24, 2.45) is 0 Å². The van der Waals surface area contributed by atoms with Gasteiger partial charge >= 0.3 is 0 Å². The monoisotopic (exact) mass is 379 g/mol. The third-order valence-electron chi connectivity index (χ3n) is 4.38. The molecule has 4 aromatic rings. The molecule has 0 aliphatic heterocycles. The molecule has 134 valence electrons. The van der Waals surface area contributed by atoms with Gasteiger partial charge in [0.25, 0.3) is 5.69 Å². The van der Waals surface area contributed by atoms with Gasteiger partial charge in [-0.1, -0.05) is 23.7 Å². The van der Waals surface area contributed by atoms with Crippen molar-refractivity contribution in [2.75, 3.05) is 5.73 Å². The number of hydrogen-bond acceptors (Lipinski definition) is 5. The first-order chi connectivity index (χ1) is 13.0. The van der Waals surface area contributed by atoms with E-state index in [0.717, 1.165) is 22.4 Å². The second kappa shape index (κ2) is 6.37. The third-order valence-corrected chi connectivity index (χ3v) is 4.63. The fourth-order valence-corrected chi connectivity index (χ4v) is 3.17. The lowest BCUT2D eigenvalue weighted by Gasteiger charge is -2.08. The second-order valence-electron chi connectivity index (χ2n) is 6.06. The summed E-state index contributed by atoms with van der Waals surface area (Å²) in [7, 11) is 0. The van der Waals surface area contributed by atoms with Gasteiger partial charge in [0.05, 0.1) is 10.6 Å². The van der Waals surface area contributed by atoms with E-state index >= 15 is 0 Å². The Labute approximate surface area is 159 Å². The van der Waals surface area contributed by atoms with E-state index in [-0.39, 0.29) is 5.69 Å². The molecule has 7 nitrogen and oxygen atoms in total. The minimum Gasteiger partial charge on any atom is -0.383 e. The van der Waals surface area contributed by atoms with E-state index in [0.29, 0.717) is 22.1 Å². The molecule has 2 N–H and O–H groups in total. The van der Waals surface area contributed by atoms with Crippen LogP contribution in [0.25, 0.3) is 27.9 Å². The number of rotatable bonds is 3. The number of nitrogen functional groups attached to an aromatic ring is 1. The molecule has 2 heterocycles. The third kappa shape index (κ3) is 2.88. The number of aromatic nitrogens is 3. The van der Waals surface area contributed by atoms with Crippen LogP contribution in [0.2, 0.25) is 5.02 Å². The van der Waals surface area contributed by atoms with Crippen LogP contribution < -0.4 is 5.73 Å². The van der Waals surface area contributed by atoms with Crippen molar-refractivity contribution in [3.05, 3.63) is 75.6 Å². The van der Waals surface area contributed by atoms with Crippen LogP contribution in [0.1, 0.15) is 5.69 Å². The highest BCUT2D eigenvalue weighted by molar-refractivity contribution is 6.30. The summed E-state index contributed by atoms with van der Waals surface area (Å²) in [6.45, 7) is 1.89. The van der Waals surface area contributed by atoms with Gasteiger partial charge < -0.3 is 5.73 Å². The number of nitrogens with two attached hydrogens (primary N) is 1. The maximum atomic E-state index is 10.8. The van der Waals surface area contributed by atoms with Crippen molar-refractivity contribution in [1.29, 1.82) is 0 Å². The molecule has 2 aromatic heterocycles.